The van der Waals surface area contributed by atoms with Crippen molar-refractivity contribution in [3.8, 4) is 6.07 Å². The van der Waals surface area contributed by atoms with E-state index in [1.807, 2.05) is 55.5 Å². The van der Waals surface area contributed by atoms with Crippen LogP contribution in [0.5, 0.6) is 0 Å². The van der Waals surface area contributed by atoms with Crippen LogP contribution >= 0.6 is 11.6 Å². The molecule has 0 atom stereocenters. The molecule has 0 saturated carbocycles. The van der Waals surface area contributed by atoms with Crippen molar-refractivity contribution in [2.45, 2.75) is 33.1 Å². The standard InChI is InChI=1S/C24H24ClN7/c1-3-4-15-31(16-7-14-26)19-12-10-18(11-13-19)28-23-22(20-8-5-6-9-21(20)25)30-32-24(23)27-17(2)29-32/h5-6,8-13H,3-4,7,15-16H2,1-2H3/b28-23-. The lowest BCUT2D eigenvalue weighted by Gasteiger charge is -2.23. The van der Waals surface area contributed by atoms with E-state index in [-0.39, 0.29) is 0 Å². The highest BCUT2D eigenvalue weighted by Crippen LogP contribution is 2.26. The molecule has 0 saturated heterocycles. The molecule has 4 rings (SSSR count). The predicted molar refractivity (Wildman–Crippen MR) is 128 cm³/mol. The Bertz CT molecular complexity index is 1200. The number of nitrogens with zero attached hydrogens (tertiary/aromatic N) is 7. The SMILES string of the molecule is CCCCN(CCC#N)c1ccc(/N=C2/C(c3ccccc3Cl)=Nn3nc(C)nc32)cc1. The van der Waals surface area contributed by atoms with Gasteiger partial charge in [-0.25, -0.2) is 9.98 Å². The number of nitriles is 1. The van der Waals surface area contributed by atoms with Crippen LogP contribution in [0.25, 0.3) is 0 Å². The fourth-order valence-corrected chi connectivity index (χ4v) is 3.80. The molecule has 2 heterocycles. The van der Waals surface area contributed by atoms with Crippen molar-refractivity contribution in [2.24, 2.45) is 10.1 Å². The third-order valence-electron chi connectivity index (χ3n) is 5.19. The summed E-state index contributed by atoms with van der Waals surface area (Å²) < 4.78 is 0. The quantitative estimate of drug-likeness (QED) is 0.480. The van der Waals surface area contributed by atoms with Gasteiger partial charge in [-0.3, -0.25) is 0 Å². The average molecular weight is 446 g/mol. The molecule has 8 heteroatoms. The Morgan fingerprint density at radius 1 is 1.12 bits per heavy atom. The molecule has 162 valence electrons. The van der Waals surface area contributed by atoms with E-state index in [0.29, 0.717) is 34.5 Å². The first-order valence-corrected chi connectivity index (χ1v) is 11.1. The van der Waals surface area contributed by atoms with E-state index >= 15 is 0 Å². The Balaban J connectivity index is 1.67. The van der Waals surface area contributed by atoms with E-state index in [2.05, 4.69) is 33.1 Å². The van der Waals surface area contributed by atoms with Crippen LogP contribution in [0.1, 0.15) is 43.4 Å². The van der Waals surface area contributed by atoms with Crippen molar-refractivity contribution in [1.82, 2.24) is 14.9 Å². The lowest BCUT2D eigenvalue weighted by molar-refractivity contribution is 0.718. The van der Waals surface area contributed by atoms with Gasteiger partial charge in [0.25, 0.3) is 0 Å². The maximum absolute atomic E-state index is 8.98. The van der Waals surface area contributed by atoms with Crippen LogP contribution in [-0.2, 0) is 0 Å². The minimum atomic E-state index is 0.500. The fraction of sp³-hybridized carbons (Fsp3) is 0.292. The van der Waals surface area contributed by atoms with Crippen LogP contribution < -0.4 is 4.90 Å². The van der Waals surface area contributed by atoms with E-state index in [9.17, 15) is 0 Å². The number of halogens is 1. The van der Waals surface area contributed by atoms with Gasteiger partial charge in [-0.2, -0.15) is 5.26 Å². The smallest absolute Gasteiger partial charge is 0.204 e. The van der Waals surface area contributed by atoms with Gasteiger partial charge in [0.2, 0.25) is 5.82 Å². The molecule has 0 amide bonds. The molecule has 0 bridgehead atoms. The molecule has 0 fully saturated rings. The molecule has 1 aromatic heterocycles. The van der Waals surface area contributed by atoms with Crippen molar-refractivity contribution in [1.29, 1.82) is 5.26 Å². The number of benzene rings is 2. The van der Waals surface area contributed by atoms with Gasteiger partial charge < -0.3 is 4.90 Å². The Labute approximate surface area is 192 Å². The summed E-state index contributed by atoms with van der Waals surface area (Å²) in [5.74, 6) is 1.23. The van der Waals surface area contributed by atoms with Crippen LogP contribution in [0.3, 0.4) is 0 Å². The summed E-state index contributed by atoms with van der Waals surface area (Å²) in [7, 11) is 0. The second-order valence-electron chi connectivity index (χ2n) is 7.53. The fourth-order valence-electron chi connectivity index (χ4n) is 3.58. The predicted octanol–water partition coefficient (Wildman–Crippen LogP) is 5.15. The van der Waals surface area contributed by atoms with E-state index in [1.165, 1.54) is 4.79 Å². The molecule has 0 N–H and O–H groups in total. The van der Waals surface area contributed by atoms with Gasteiger partial charge >= 0.3 is 0 Å². The molecule has 3 aromatic rings. The largest absolute Gasteiger partial charge is 0.371 e. The molecule has 2 aromatic carbocycles. The number of hydrogen-bond acceptors (Lipinski definition) is 6. The minimum absolute atomic E-state index is 0.500. The summed E-state index contributed by atoms with van der Waals surface area (Å²) >= 11 is 6.44. The molecule has 1 aliphatic rings. The summed E-state index contributed by atoms with van der Waals surface area (Å²) in [5, 5.41) is 18.5. The van der Waals surface area contributed by atoms with Crippen LogP contribution in [-0.4, -0.2) is 39.4 Å². The van der Waals surface area contributed by atoms with E-state index < -0.39 is 0 Å². The van der Waals surface area contributed by atoms with E-state index in [4.69, 9.17) is 21.9 Å². The van der Waals surface area contributed by atoms with Crippen LogP contribution in [0.15, 0.2) is 58.6 Å². The van der Waals surface area contributed by atoms with E-state index in [0.717, 1.165) is 42.9 Å². The minimum Gasteiger partial charge on any atom is -0.371 e. The highest BCUT2D eigenvalue weighted by molar-refractivity contribution is 6.56. The summed E-state index contributed by atoms with van der Waals surface area (Å²) in [6.07, 6.45) is 2.70. The van der Waals surface area contributed by atoms with Crippen molar-refractivity contribution in [2.75, 3.05) is 18.0 Å². The number of aryl methyl sites for hydroxylation is 1. The zero-order valence-corrected chi connectivity index (χ0v) is 18.9. The van der Waals surface area contributed by atoms with Gasteiger partial charge in [-0.05, 0) is 43.7 Å². The zero-order chi connectivity index (χ0) is 22.5. The topological polar surface area (TPSA) is 82.5 Å². The third-order valence-corrected chi connectivity index (χ3v) is 5.52. The Morgan fingerprint density at radius 3 is 2.62 bits per heavy atom. The number of rotatable bonds is 8. The number of anilines is 1. The Kier molecular flexibility index (Phi) is 6.62. The first-order valence-electron chi connectivity index (χ1n) is 10.7. The van der Waals surface area contributed by atoms with Gasteiger partial charge in [0.1, 0.15) is 11.4 Å². The van der Waals surface area contributed by atoms with Crippen LogP contribution in [0.4, 0.5) is 11.4 Å². The average Bonchev–Trinajstić information content (AvgIpc) is 3.31. The second kappa shape index (κ2) is 9.75. The lowest BCUT2D eigenvalue weighted by atomic mass is 10.1. The maximum Gasteiger partial charge on any atom is 0.204 e. The lowest BCUT2D eigenvalue weighted by Crippen LogP contribution is -2.25. The number of unbranched alkanes of at least 4 members (excludes halogenated alkanes) is 1. The normalized spacial score (nSPS) is 13.7. The summed E-state index contributed by atoms with van der Waals surface area (Å²) in [4.78, 5) is 13.1. The van der Waals surface area contributed by atoms with Gasteiger partial charge in [0.05, 0.1) is 23.2 Å². The summed E-state index contributed by atoms with van der Waals surface area (Å²) in [5.41, 5.74) is 3.94. The molecule has 32 heavy (non-hydrogen) atoms. The van der Waals surface area contributed by atoms with Crippen LogP contribution in [0, 0.1) is 18.3 Å². The highest BCUT2D eigenvalue weighted by Gasteiger charge is 2.29. The molecule has 0 unspecified atom stereocenters. The number of aliphatic imine (C=N–C) groups is 1. The van der Waals surface area contributed by atoms with Crippen molar-refractivity contribution in [3.63, 3.8) is 0 Å². The molecule has 0 spiro atoms. The first-order chi connectivity index (χ1) is 15.6. The third kappa shape index (κ3) is 4.56. The molecule has 0 radical (unpaired) electrons. The maximum atomic E-state index is 8.98. The molecular formula is C24H24ClN7. The van der Waals surface area contributed by atoms with Crippen molar-refractivity contribution < 1.29 is 0 Å². The van der Waals surface area contributed by atoms with E-state index in [1.54, 1.807) is 0 Å². The zero-order valence-electron chi connectivity index (χ0n) is 18.2. The van der Waals surface area contributed by atoms with Gasteiger partial charge in [0, 0.05) is 24.3 Å². The van der Waals surface area contributed by atoms with Crippen LogP contribution in [0.2, 0.25) is 5.02 Å². The number of fused-ring (bicyclic) bond motifs is 1. The Hall–Kier alpha value is -3.50. The van der Waals surface area contributed by atoms with Gasteiger partial charge in [-0.1, -0.05) is 43.1 Å². The summed E-state index contributed by atoms with van der Waals surface area (Å²) in [6, 6.07) is 17.8. The van der Waals surface area contributed by atoms with Crippen molar-refractivity contribution in [3.05, 3.63) is 70.8 Å². The second-order valence-corrected chi connectivity index (χ2v) is 7.93. The monoisotopic (exact) mass is 445 g/mol. The number of hydrogen-bond donors (Lipinski definition) is 0. The summed E-state index contributed by atoms with van der Waals surface area (Å²) in [6.45, 7) is 5.64. The van der Waals surface area contributed by atoms with Crippen molar-refractivity contribution >= 4 is 34.4 Å². The highest BCUT2D eigenvalue weighted by atomic mass is 35.5. The van der Waals surface area contributed by atoms with Gasteiger partial charge in [0.15, 0.2) is 5.82 Å². The Morgan fingerprint density at radius 2 is 1.91 bits per heavy atom. The molecule has 7 nitrogen and oxygen atoms in total. The number of aromatic nitrogens is 3. The first kappa shape index (κ1) is 21.7. The molecule has 0 aliphatic carbocycles. The molecular weight excluding hydrogens is 422 g/mol. The van der Waals surface area contributed by atoms with Gasteiger partial charge in [-0.15, -0.1) is 15.0 Å². The molecule has 1 aliphatic heterocycles.